The summed E-state index contributed by atoms with van der Waals surface area (Å²) in [6.45, 7) is 6.14. The van der Waals surface area contributed by atoms with Crippen LogP contribution in [0.1, 0.15) is 20.8 Å². The zero-order chi connectivity index (χ0) is 8.15. The molecule has 0 aromatic carbocycles. The zero-order valence-electron chi connectivity index (χ0n) is 6.66. The maximum Gasteiger partial charge on any atom is 0.327 e. The van der Waals surface area contributed by atoms with Gasteiger partial charge in [0.1, 0.15) is 0 Å². The van der Waals surface area contributed by atoms with E-state index in [0.717, 1.165) is 0 Å². The van der Waals surface area contributed by atoms with Crippen LogP contribution in [0, 0.1) is 11.8 Å². The van der Waals surface area contributed by atoms with Crippen LogP contribution in [0.4, 0.5) is 0 Å². The first kappa shape index (κ1) is 9.21. The summed E-state index contributed by atoms with van der Waals surface area (Å²) in [5, 5.41) is 8.26. The standard InChI is InChI=1S/C8H14O2/c1-6(2)7(3)4-5-8(9)10/h4-7H,1-3H3,(H,9,10). The molecule has 58 valence electrons. The molecule has 1 N–H and O–H groups in total. The van der Waals surface area contributed by atoms with Crippen molar-refractivity contribution < 1.29 is 9.90 Å². The van der Waals surface area contributed by atoms with Crippen LogP contribution < -0.4 is 0 Å². The van der Waals surface area contributed by atoms with Gasteiger partial charge in [0.2, 0.25) is 0 Å². The zero-order valence-corrected chi connectivity index (χ0v) is 6.66. The van der Waals surface area contributed by atoms with E-state index in [1.807, 2.05) is 6.92 Å². The maximum atomic E-state index is 10.0. The minimum atomic E-state index is -0.868. The molecule has 1 atom stereocenters. The lowest BCUT2D eigenvalue weighted by molar-refractivity contribution is -0.131. The summed E-state index contributed by atoms with van der Waals surface area (Å²) in [4.78, 5) is 10.0. The normalized spacial score (nSPS) is 14.4. The number of carboxylic acids is 1. The topological polar surface area (TPSA) is 37.3 Å². The molecule has 0 aliphatic carbocycles. The Morgan fingerprint density at radius 2 is 1.90 bits per heavy atom. The van der Waals surface area contributed by atoms with Crippen LogP contribution >= 0.6 is 0 Å². The summed E-state index contributed by atoms with van der Waals surface area (Å²) in [5.74, 6) is -0.0146. The highest BCUT2D eigenvalue weighted by Crippen LogP contribution is 2.10. The van der Waals surface area contributed by atoms with Crippen molar-refractivity contribution in [3.05, 3.63) is 12.2 Å². The van der Waals surface area contributed by atoms with Crippen LogP contribution in [0.3, 0.4) is 0 Å². The Kier molecular flexibility index (Phi) is 3.77. The fourth-order valence-corrected chi connectivity index (χ4v) is 0.456. The molecule has 0 bridgehead atoms. The summed E-state index contributed by atoms with van der Waals surface area (Å²) >= 11 is 0. The largest absolute Gasteiger partial charge is 0.478 e. The third kappa shape index (κ3) is 4.13. The van der Waals surface area contributed by atoms with Gasteiger partial charge in [-0.2, -0.15) is 0 Å². The van der Waals surface area contributed by atoms with Crippen molar-refractivity contribution >= 4 is 5.97 Å². The predicted molar refractivity (Wildman–Crippen MR) is 40.8 cm³/mol. The lowest BCUT2D eigenvalue weighted by Gasteiger charge is -2.08. The number of hydrogen-bond donors (Lipinski definition) is 1. The minimum absolute atomic E-state index is 0.344. The van der Waals surface area contributed by atoms with Crippen molar-refractivity contribution in [1.29, 1.82) is 0 Å². The Balaban J connectivity index is 3.77. The van der Waals surface area contributed by atoms with Crippen LogP contribution in [0.15, 0.2) is 12.2 Å². The van der Waals surface area contributed by atoms with E-state index in [1.165, 1.54) is 6.08 Å². The van der Waals surface area contributed by atoms with Crippen LogP contribution in [-0.4, -0.2) is 11.1 Å². The molecule has 0 saturated carbocycles. The molecule has 0 fully saturated rings. The second-order valence-electron chi connectivity index (χ2n) is 2.80. The number of carboxylic acid groups (broad SMARTS) is 1. The third-order valence-corrected chi connectivity index (χ3v) is 1.59. The fraction of sp³-hybridized carbons (Fsp3) is 0.625. The van der Waals surface area contributed by atoms with E-state index < -0.39 is 5.97 Å². The highest BCUT2D eigenvalue weighted by atomic mass is 16.4. The third-order valence-electron chi connectivity index (χ3n) is 1.59. The molecule has 0 aromatic rings. The van der Waals surface area contributed by atoms with Crippen molar-refractivity contribution in [2.24, 2.45) is 11.8 Å². The van der Waals surface area contributed by atoms with Gasteiger partial charge in [-0.3, -0.25) is 0 Å². The Morgan fingerprint density at radius 3 is 2.20 bits per heavy atom. The molecule has 2 nitrogen and oxygen atoms in total. The van der Waals surface area contributed by atoms with Gasteiger partial charge in [-0.15, -0.1) is 0 Å². The average molecular weight is 142 g/mol. The molecule has 0 rings (SSSR count). The van der Waals surface area contributed by atoms with Crippen molar-refractivity contribution in [3.63, 3.8) is 0 Å². The number of carbonyl (C=O) groups is 1. The lowest BCUT2D eigenvalue weighted by atomic mass is 9.98. The van der Waals surface area contributed by atoms with E-state index in [-0.39, 0.29) is 0 Å². The number of hydrogen-bond acceptors (Lipinski definition) is 1. The van der Waals surface area contributed by atoms with Crippen LogP contribution in [0.5, 0.6) is 0 Å². The molecular formula is C8H14O2. The van der Waals surface area contributed by atoms with Crippen LogP contribution in [0.2, 0.25) is 0 Å². The molecule has 1 unspecified atom stereocenters. The van der Waals surface area contributed by atoms with Gasteiger partial charge in [-0.1, -0.05) is 26.8 Å². The first-order valence-electron chi connectivity index (χ1n) is 3.45. The Bertz CT molecular complexity index is 136. The molecule has 2 heteroatoms. The van der Waals surface area contributed by atoms with Gasteiger partial charge < -0.3 is 5.11 Å². The van der Waals surface area contributed by atoms with Crippen molar-refractivity contribution in [2.75, 3.05) is 0 Å². The van der Waals surface area contributed by atoms with Gasteiger partial charge in [0.15, 0.2) is 0 Å². The van der Waals surface area contributed by atoms with E-state index in [1.54, 1.807) is 6.08 Å². The van der Waals surface area contributed by atoms with Gasteiger partial charge in [-0.25, -0.2) is 4.79 Å². The van der Waals surface area contributed by atoms with Crippen molar-refractivity contribution in [2.45, 2.75) is 20.8 Å². The fourth-order valence-electron chi connectivity index (χ4n) is 0.456. The quantitative estimate of drug-likeness (QED) is 0.611. The van der Waals surface area contributed by atoms with Gasteiger partial charge in [0.25, 0.3) is 0 Å². The first-order valence-corrected chi connectivity index (χ1v) is 3.45. The Labute approximate surface area is 61.6 Å². The molecule has 0 radical (unpaired) electrons. The number of allylic oxidation sites excluding steroid dienone is 1. The number of aliphatic carboxylic acids is 1. The second-order valence-corrected chi connectivity index (χ2v) is 2.80. The van der Waals surface area contributed by atoms with E-state index >= 15 is 0 Å². The summed E-state index contributed by atoms with van der Waals surface area (Å²) < 4.78 is 0. The molecule has 0 aliphatic heterocycles. The summed E-state index contributed by atoms with van der Waals surface area (Å²) in [5.41, 5.74) is 0. The van der Waals surface area contributed by atoms with Gasteiger partial charge in [0, 0.05) is 6.08 Å². The van der Waals surface area contributed by atoms with E-state index in [9.17, 15) is 4.79 Å². The van der Waals surface area contributed by atoms with Crippen LogP contribution in [-0.2, 0) is 4.79 Å². The summed E-state index contributed by atoms with van der Waals surface area (Å²) in [6, 6.07) is 0. The Morgan fingerprint density at radius 1 is 1.40 bits per heavy atom. The second kappa shape index (κ2) is 4.09. The van der Waals surface area contributed by atoms with Crippen molar-refractivity contribution in [3.8, 4) is 0 Å². The number of rotatable bonds is 3. The van der Waals surface area contributed by atoms with Gasteiger partial charge in [0.05, 0.1) is 0 Å². The van der Waals surface area contributed by atoms with Crippen LogP contribution in [0.25, 0.3) is 0 Å². The molecule has 0 heterocycles. The van der Waals surface area contributed by atoms with E-state index in [0.29, 0.717) is 11.8 Å². The first-order chi connectivity index (χ1) is 4.54. The smallest absolute Gasteiger partial charge is 0.327 e. The average Bonchev–Trinajstić information content (AvgIpc) is 1.82. The highest BCUT2D eigenvalue weighted by Gasteiger charge is 2.01. The predicted octanol–water partition coefficient (Wildman–Crippen LogP) is 1.92. The van der Waals surface area contributed by atoms with E-state index in [2.05, 4.69) is 13.8 Å². The maximum absolute atomic E-state index is 10.0. The molecule has 0 saturated heterocycles. The summed E-state index contributed by atoms with van der Waals surface area (Å²) in [6.07, 6.45) is 2.91. The molecule has 0 aromatic heterocycles. The monoisotopic (exact) mass is 142 g/mol. The van der Waals surface area contributed by atoms with Crippen molar-refractivity contribution in [1.82, 2.24) is 0 Å². The molecule has 0 aliphatic rings. The Hall–Kier alpha value is -0.790. The minimum Gasteiger partial charge on any atom is -0.478 e. The SMILES string of the molecule is CC(C)C(C)C=CC(=O)O. The molecule has 10 heavy (non-hydrogen) atoms. The molecular weight excluding hydrogens is 128 g/mol. The van der Waals surface area contributed by atoms with E-state index in [4.69, 9.17) is 5.11 Å². The molecule has 0 amide bonds. The lowest BCUT2D eigenvalue weighted by Crippen LogP contribution is -2.00. The summed E-state index contributed by atoms with van der Waals surface area (Å²) in [7, 11) is 0. The molecule has 0 spiro atoms. The van der Waals surface area contributed by atoms with Gasteiger partial charge in [-0.05, 0) is 11.8 Å². The van der Waals surface area contributed by atoms with Gasteiger partial charge >= 0.3 is 5.97 Å². The highest BCUT2D eigenvalue weighted by molar-refractivity contribution is 5.79.